The summed E-state index contributed by atoms with van der Waals surface area (Å²) < 4.78 is 5.54. The minimum Gasteiger partial charge on any atom is -0.495 e. The molecule has 0 amide bonds. The molecule has 0 unspecified atom stereocenters. The summed E-state index contributed by atoms with van der Waals surface area (Å²) in [6.45, 7) is 5.04. The van der Waals surface area contributed by atoms with Crippen molar-refractivity contribution in [2.45, 2.75) is 13.0 Å². The summed E-state index contributed by atoms with van der Waals surface area (Å²) in [5, 5.41) is 10.3. The number of hydrogen-bond acceptors (Lipinski definition) is 8. The molecule has 0 bridgehead atoms. The van der Waals surface area contributed by atoms with E-state index < -0.39 is 5.97 Å². The van der Waals surface area contributed by atoms with Gasteiger partial charge in [0.1, 0.15) is 22.7 Å². The smallest absolute Gasteiger partial charge is 0.317 e. The third-order valence-corrected chi connectivity index (χ3v) is 7.18. The number of carbonyl (C=O) groups is 1. The lowest BCUT2D eigenvalue weighted by Gasteiger charge is -2.37. The monoisotopic (exact) mass is 439 g/mol. The molecule has 2 aromatic heterocycles. The van der Waals surface area contributed by atoms with Gasteiger partial charge in [0.2, 0.25) is 0 Å². The summed E-state index contributed by atoms with van der Waals surface area (Å²) in [6.07, 6.45) is 2.49. The molecule has 1 aromatic carbocycles. The number of anilines is 2. The van der Waals surface area contributed by atoms with Crippen molar-refractivity contribution in [1.29, 1.82) is 0 Å². The molecule has 0 aliphatic carbocycles. The third kappa shape index (κ3) is 3.79. The Bertz CT molecular complexity index is 1110. The number of piperazine rings is 1. The molecule has 9 heteroatoms. The average Bonchev–Trinajstić information content (AvgIpc) is 3.16. The Balaban J connectivity index is 1.38. The topological polar surface area (TPSA) is 82.0 Å². The molecular weight excluding hydrogens is 414 g/mol. The Morgan fingerprint density at radius 1 is 1.13 bits per heavy atom. The number of benzene rings is 1. The molecule has 8 nitrogen and oxygen atoms in total. The predicted octanol–water partition coefficient (Wildman–Crippen LogP) is 2.47. The third-order valence-electron chi connectivity index (χ3n) is 6.06. The number of aromatic nitrogens is 2. The molecule has 0 radical (unpaired) electrons. The molecule has 0 spiro atoms. The van der Waals surface area contributed by atoms with E-state index in [0.29, 0.717) is 6.54 Å². The van der Waals surface area contributed by atoms with Crippen LogP contribution in [0.3, 0.4) is 0 Å². The number of aliphatic carboxylic acids is 1. The highest BCUT2D eigenvalue weighted by Gasteiger charge is 2.28. The first-order chi connectivity index (χ1) is 15.1. The number of hydrogen-bond donors (Lipinski definition) is 1. The van der Waals surface area contributed by atoms with Gasteiger partial charge in [-0.2, -0.15) is 0 Å². The number of fused-ring (bicyclic) bond motifs is 3. The van der Waals surface area contributed by atoms with Crippen LogP contribution in [-0.4, -0.2) is 72.3 Å². The van der Waals surface area contributed by atoms with E-state index in [9.17, 15) is 4.79 Å². The largest absolute Gasteiger partial charge is 0.495 e. The van der Waals surface area contributed by atoms with Gasteiger partial charge in [-0.1, -0.05) is 12.1 Å². The van der Waals surface area contributed by atoms with E-state index in [1.54, 1.807) is 24.8 Å². The zero-order chi connectivity index (χ0) is 21.4. The first-order valence-electron chi connectivity index (χ1n) is 10.5. The Morgan fingerprint density at radius 2 is 1.90 bits per heavy atom. The second-order valence-electron chi connectivity index (χ2n) is 7.88. The van der Waals surface area contributed by atoms with Gasteiger partial charge in [-0.25, -0.2) is 9.97 Å². The lowest BCUT2D eigenvalue weighted by atomic mass is 10.0. The normalized spacial score (nSPS) is 17.1. The van der Waals surface area contributed by atoms with E-state index in [0.717, 1.165) is 66.6 Å². The minimum atomic E-state index is -0.780. The van der Waals surface area contributed by atoms with Crippen LogP contribution in [0.5, 0.6) is 5.75 Å². The first kappa shape index (κ1) is 20.0. The fourth-order valence-electron chi connectivity index (χ4n) is 4.58. The predicted molar refractivity (Wildman–Crippen MR) is 121 cm³/mol. The van der Waals surface area contributed by atoms with Gasteiger partial charge in [-0.3, -0.25) is 9.69 Å². The van der Waals surface area contributed by atoms with E-state index in [1.165, 1.54) is 10.4 Å². The van der Waals surface area contributed by atoms with Crippen LogP contribution in [0.1, 0.15) is 10.4 Å². The molecule has 3 aromatic rings. The van der Waals surface area contributed by atoms with E-state index in [4.69, 9.17) is 9.84 Å². The van der Waals surface area contributed by atoms with Gasteiger partial charge in [0.05, 0.1) is 24.7 Å². The van der Waals surface area contributed by atoms with Gasteiger partial charge in [-0.05, 0) is 24.1 Å². The second kappa shape index (κ2) is 8.32. The van der Waals surface area contributed by atoms with Crippen molar-refractivity contribution >= 4 is 39.0 Å². The van der Waals surface area contributed by atoms with Crippen LogP contribution >= 0.6 is 11.3 Å². The molecule has 2 aliphatic rings. The molecule has 2 aliphatic heterocycles. The standard InChI is InChI=1S/C22H25N5O3S/c1-30-17-5-3-2-4-16(17)26-8-10-27(11-9-26)21-20-15-6-7-25(13-19(28)29)12-18(15)31-22(20)24-14-23-21/h2-5,14H,6-13H2,1H3,(H,28,29). The van der Waals surface area contributed by atoms with Crippen LogP contribution in [-0.2, 0) is 17.8 Å². The number of para-hydroxylation sites is 2. The van der Waals surface area contributed by atoms with Gasteiger partial charge in [0.15, 0.2) is 0 Å². The van der Waals surface area contributed by atoms with Crippen molar-refractivity contribution in [2.24, 2.45) is 0 Å². The van der Waals surface area contributed by atoms with E-state index in [2.05, 4.69) is 25.8 Å². The summed E-state index contributed by atoms with van der Waals surface area (Å²) in [4.78, 5) is 29.2. The lowest BCUT2D eigenvalue weighted by molar-refractivity contribution is -0.138. The van der Waals surface area contributed by atoms with Crippen LogP contribution < -0.4 is 14.5 Å². The molecule has 1 N–H and O–H groups in total. The molecule has 5 rings (SSSR count). The number of carboxylic acids is 1. The Hall–Kier alpha value is -2.91. The SMILES string of the molecule is COc1ccccc1N1CCN(c2ncnc3sc4c(c23)CCN(CC(=O)O)C4)CC1. The van der Waals surface area contributed by atoms with Crippen molar-refractivity contribution in [3.63, 3.8) is 0 Å². The van der Waals surface area contributed by atoms with E-state index in [-0.39, 0.29) is 6.54 Å². The Labute approximate surface area is 184 Å². The zero-order valence-corrected chi connectivity index (χ0v) is 18.3. The van der Waals surface area contributed by atoms with Crippen molar-refractivity contribution in [2.75, 3.05) is 56.2 Å². The van der Waals surface area contributed by atoms with Crippen LogP contribution in [0.4, 0.5) is 11.5 Å². The van der Waals surface area contributed by atoms with Crippen LogP contribution in [0.15, 0.2) is 30.6 Å². The Morgan fingerprint density at radius 3 is 2.68 bits per heavy atom. The molecule has 1 fully saturated rings. The fraction of sp³-hybridized carbons (Fsp3) is 0.409. The first-order valence-corrected chi connectivity index (χ1v) is 11.3. The number of carboxylic acid groups (broad SMARTS) is 1. The van der Waals surface area contributed by atoms with E-state index >= 15 is 0 Å². The highest BCUT2D eigenvalue weighted by Crippen LogP contribution is 2.39. The van der Waals surface area contributed by atoms with Crippen LogP contribution in [0, 0.1) is 0 Å². The van der Waals surface area contributed by atoms with Gasteiger partial charge in [0.25, 0.3) is 0 Å². The maximum Gasteiger partial charge on any atom is 0.317 e. The quantitative estimate of drug-likeness (QED) is 0.649. The van der Waals surface area contributed by atoms with Crippen LogP contribution in [0.25, 0.3) is 10.2 Å². The highest BCUT2D eigenvalue weighted by molar-refractivity contribution is 7.19. The fourth-order valence-corrected chi connectivity index (χ4v) is 5.80. The molecule has 0 atom stereocenters. The number of thiophene rings is 1. The lowest BCUT2D eigenvalue weighted by Crippen LogP contribution is -2.47. The second-order valence-corrected chi connectivity index (χ2v) is 8.97. The number of nitrogens with zero attached hydrogens (tertiary/aromatic N) is 5. The molecule has 1 saturated heterocycles. The average molecular weight is 440 g/mol. The maximum absolute atomic E-state index is 11.1. The van der Waals surface area contributed by atoms with Gasteiger partial charge in [-0.15, -0.1) is 11.3 Å². The zero-order valence-electron chi connectivity index (χ0n) is 17.5. The summed E-state index contributed by atoms with van der Waals surface area (Å²) >= 11 is 1.67. The number of ether oxygens (including phenoxy) is 1. The van der Waals surface area contributed by atoms with Gasteiger partial charge >= 0.3 is 5.97 Å². The van der Waals surface area contributed by atoms with Crippen molar-refractivity contribution in [3.8, 4) is 5.75 Å². The maximum atomic E-state index is 11.1. The van der Waals surface area contributed by atoms with Gasteiger partial charge < -0.3 is 19.6 Å². The number of methoxy groups -OCH3 is 1. The molecule has 0 saturated carbocycles. The number of rotatable bonds is 5. The van der Waals surface area contributed by atoms with E-state index in [1.807, 2.05) is 23.1 Å². The Kier molecular flexibility index (Phi) is 5.37. The van der Waals surface area contributed by atoms with Crippen molar-refractivity contribution < 1.29 is 14.6 Å². The van der Waals surface area contributed by atoms with Gasteiger partial charge in [0, 0.05) is 44.1 Å². The summed E-state index contributed by atoms with van der Waals surface area (Å²) in [6, 6.07) is 8.15. The summed E-state index contributed by atoms with van der Waals surface area (Å²) in [7, 11) is 1.71. The summed E-state index contributed by atoms with van der Waals surface area (Å²) in [5.74, 6) is 1.13. The molecule has 4 heterocycles. The highest BCUT2D eigenvalue weighted by atomic mass is 32.1. The summed E-state index contributed by atoms with van der Waals surface area (Å²) in [5.41, 5.74) is 2.42. The van der Waals surface area contributed by atoms with Crippen LogP contribution in [0.2, 0.25) is 0 Å². The molecule has 162 valence electrons. The van der Waals surface area contributed by atoms with Crippen molar-refractivity contribution in [1.82, 2.24) is 14.9 Å². The minimum absolute atomic E-state index is 0.0805. The van der Waals surface area contributed by atoms with Crippen molar-refractivity contribution in [3.05, 3.63) is 41.0 Å². The molecular formula is C22H25N5O3S. The molecule has 31 heavy (non-hydrogen) atoms.